The lowest BCUT2D eigenvalue weighted by Crippen LogP contribution is -2.60. The van der Waals surface area contributed by atoms with E-state index in [0.717, 1.165) is 25.7 Å². The van der Waals surface area contributed by atoms with Crippen molar-refractivity contribution in [3.05, 3.63) is 0 Å². The fourth-order valence-corrected chi connectivity index (χ4v) is 3.08. The normalized spacial score (nSPS) is 32.8. The van der Waals surface area contributed by atoms with E-state index >= 15 is 0 Å². The molecule has 2 aliphatic heterocycles. The number of nitrogens with two attached hydrogens (primary N) is 1. The van der Waals surface area contributed by atoms with E-state index < -0.39 is 11.0 Å². The Morgan fingerprint density at radius 1 is 1.17 bits per heavy atom. The van der Waals surface area contributed by atoms with Crippen molar-refractivity contribution in [1.82, 2.24) is 4.90 Å². The summed E-state index contributed by atoms with van der Waals surface area (Å²) in [6.45, 7) is 7.68. The molecule has 2 fully saturated rings. The van der Waals surface area contributed by atoms with Gasteiger partial charge in [0, 0.05) is 17.6 Å². The van der Waals surface area contributed by atoms with Gasteiger partial charge >= 0.3 is 0 Å². The molecule has 2 saturated heterocycles. The summed E-state index contributed by atoms with van der Waals surface area (Å²) in [6, 6.07) is 0.431. The van der Waals surface area contributed by atoms with Crippen LogP contribution < -0.4 is 5.73 Å². The van der Waals surface area contributed by atoms with Gasteiger partial charge in [0.25, 0.3) is 0 Å². The third-order valence-electron chi connectivity index (χ3n) is 5.09. The summed E-state index contributed by atoms with van der Waals surface area (Å²) in [4.78, 5) is 14.8. The molecule has 2 bridgehead atoms. The summed E-state index contributed by atoms with van der Waals surface area (Å²) in [5.41, 5.74) is 5.05. The van der Waals surface area contributed by atoms with Crippen molar-refractivity contribution in [2.24, 2.45) is 11.1 Å². The van der Waals surface area contributed by atoms with Gasteiger partial charge in [-0.05, 0) is 53.4 Å². The van der Waals surface area contributed by atoms with Crippen LogP contribution in [0.15, 0.2) is 0 Å². The number of fused-ring (bicyclic) bond motifs is 2. The summed E-state index contributed by atoms with van der Waals surface area (Å²) in [5.74, 6) is 0.148. The van der Waals surface area contributed by atoms with Gasteiger partial charge in [-0.25, -0.2) is 0 Å². The highest BCUT2D eigenvalue weighted by Crippen LogP contribution is 2.40. The van der Waals surface area contributed by atoms with E-state index in [4.69, 9.17) is 5.73 Å². The highest BCUT2D eigenvalue weighted by atomic mass is 16.3. The Hall–Kier alpha value is -0.610. The van der Waals surface area contributed by atoms with Crippen molar-refractivity contribution >= 4 is 5.91 Å². The number of rotatable bonds is 2. The molecule has 4 heteroatoms. The van der Waals surface area contributed by atoms with Crippen LogP contribution in [0.5, 0.6) is 0 Å². The summed E-state index contributed by atoms with van der Waals surface area (Å²) in [6.07, 6.45) is 3.26. The van der Waals surface area contributed by atoms with E-state index in [9.17, 15) is 9.90 Å². The second-order valence-corrected chi connectivity index (χ2v) is 7.07. The first-order chi connectivity index (χ1) is 8.14. The first-order valence-electron chi connectivity index (χ1n) is 6.94. The van der Waals surface area contributed by atoms with Crippen molar-refractivity contribution in [2.75, 3.05) is 0 Å². The number of hydrogen-bond donors (Lipinski definition) is 2. The standard InChI is InChI=1S/C14H26N2O2/c1-13(2,14(3,4)15)12(18)16-9-5-6-10(16)8-11(17)7-9/h9-11,17H,5-8,15H2,1-4H3. The molecule has 0 radical (unpaired) electrons. The molecule has 4 nitrogen and oxygen atoms in total. The second kappa shape index (κ2) is 4.20. The Kier molecular flexibility index (Phi) is 3.23. The quantitative estimate of drug-likeness (QED) is 0.779. The van der Waals surface area contributed by atoms with Crippen molar-refractivity contribution in [3.63, 3.8) is 0 Å². The van der Waals surface area contributed by atoms with Gasteiger partial charge in [0.05, 0.1) is 11.5 Å². The highest BCUT2D eigenvalue weighted by Gasteiger charge is 2.50. The molecular formula is C14H26N2O2. The molecule has 2 heterocycles. The zero-order valence-corrected chi connectivity index (χ0v) is 11.9. The lowest BCUT2D eigenvalue weighted by molar-refractivity contribution is -0.150. The van der Waals surface area contributed by atoms with Crippen LogP contribution in [0.3, 0.4) is 0 Å². The van der Waals surface area contributed by atoms with E-state index in [-0.39, 0.29) is 24.1 Å². The Morgan fingerprint density at radius 2 is 1.61 bits per heavy atom. The zero-order chi connectivity index (χ0) is 13.7. The summed E-state index contributed by atoms with van der Waals surface area (Å²) in [5, 5.41) is 9.79. The van der Waals surface area contributed by atoms with E-state index in [1.807, 2.05) is 32.6 Å². The van der Waals surface area contributed by atoms with Crippen LogP contribution in [0.4, 0.5) is 0 Å². The van der Waals surface area contributed by atoms with E-state index in [2.05, 4.69) is 0 Å². The second-order valence-electron chi connectivity index (χ2n) is 7.07. The van der Waals surface area contributed by atoms with Crippen LogP contribution in [0.1, 0.15) is 53.4 Å². The summed E-state index contributed by atoms with van der Waals surface area (Å²) >= 11 is 0. The molecule has 0 saturated carbocycles. The zero-order valence-electron chi connectivity index (χ0n) is 11.9. The van der Waals surface area contributed by atoms with Gasteiger partial charge in [-0.15, -0.1) is 0 Å². The van der Waals surface area contributed by atoms with Crippen molar-refractivity contribution in [3.8, 4) is 0 Å². The average molecular weight is 254 g/mol. The molecule has 0 spiro atoms. The van der Waals surface area contributed by atoms with Crippen molar-refractivity contribution in [1.29, 1.82) is 0 Å². The fourth-order valence-electron chi connectivity index (χ4n) is 3.08. The Labute approximate surface area is 110 Å². The molecule has 2 atom stereocenters. The molecule has 0 aromatic rings. The van der Waals surface area contributed by atoms with E-state index in [1.54, 1.807) is 0 Å². The molecule has 0 aliphatic carbocycles. The first-order valence-corrected chi connectivity index (χ1v) is 6.94. The Balaban J connectivity index is 2.21. The largest absolute Gasteiger partial charge is 0.393 e. The number of aliphatic hydroxyl groups excluding tert-OH is 1. The van der Waals surface area contributed by atoms with Gasteiger partial charge in [-0.1, -0.05) is 0 Å². The third-order valence-corrected chi connectivity index (χ3v) is 5.09. The van der Waals surface area contributed by atoms with Crippen LogP contribution in [0.2, 0.25) is 0 Å². The third kappa shape index (κ3) is 2.05. The van der Waals surface area contributed by atoms with Crippen LogP contribution in [-0.4, -0.2) is 39.6 Å². The molecule has 1 amide bonds. The Bertz CT molecular complexity index is 332. The number of nitrogens with zero attached hydrogens (tertiary/aromatic N) is 1. The van der Waals surface area contributed by atoms with E-state index in [1.165, 1.54) is 0 Å². The molecule has 2 rings (SSSR count). The number of carbonyl (C=O) groups excluding carboxylic acids is 1. The van der Waals surface area contributed by atoms with Crippen LogP contribution in [0, 0.1) is 5.41 Å². The molecule has 2 unspecified atom stereocenters. The smallest absolute Gasteiger partial charge is 0.230 e. The lowest BCUT2D eigenvalue weighted by Gasteiger charge is -2.45. The number of carbonyl (C=O) groups is 1. The minimum Gasteiger partial charge on any atom is -0.393 e. The Morgan fingerprint density at radius 3 is 2.00 bits per heavy atom. The maximum Gasteiger partial charge on any atom is 0.230 e. The first kappa shape index (κ1) is 13.8. The molecular weight excluding hydrogens is 228 g/mol. The minimum absolute atomic E-state index is 0.148. The van der Waals surface area contributed by atoms with Crippen LogP contribution in [-0.2, 0) is 4.79 Å². The SMILES string of the molecule is CC(C)(N)C(C)(C)C(=O)N1C2CCC1CC(O)C2. The number of aliphatic hydroxyl groups is 1. The highest BCUT2D eigenvalue weighted by molar-refractivity contribution is 5.84. The van der Waals surface area contributed by atoms with Gasteiger partial charge in [-0.3, -0.25) is 4.79 Å². The van der Waals surface area contributed by atoms with Gasteiger partial charge in [0.2, 0.25) is 5.91 Å². The van der Waals surface area contributed by atoms with Gasteiger partial charge in [0.1, 0.15) is 0 Å². The molecule has 0 aromatic heterocycles. The van der Waals surface area contributed by atoms with Crippen molar-refractivity contribution in [2.45, 2.75) is 77.1 Å². The van der Waals surface area contributed by atoms with Gasteiger partial charge < -0.3 is 15.7 Å². The number of hydrogen-bond acceptors (Lipinski definition) is 3. The number of piperidine rings is 1. The van der Waals surface area contributed by atoms with Gasteiger partial charge in [-0.2, -0.15) is 0 Å². The topological polar surface area (TPSA) is 66.6 Å². The fraction of sp³-hybridized carbons (Fsp3) is 0.929. The predicted molar refractivity (Wildman–Crippen MR) is 70.9 cm³/mol. The van der Waals surface area contributed by atoms with Crippen LogP contribution in [0.25, 0.3) is 0 Å². The maximum absolute atomic E-state index is 12.8. The number of amides is 1. The molecule has 3 N–H and O–H groups in total. The minimum atomic E-state index is -0.573. The van der Waals surface area contributed by atoms with Crippen molar-refractivity contribution < 1.29 is 9.90 Å². The molecule has 18 heavy (non-hydrogen) atoms. The van der Waals surface area contributed by atoms with Crippen LogP contribution >= 0.6 is 0 Å². The van der Waals surface area contributed by atoms with Gasteiger partial charge in [0.15, 0.2) is 0 Å². The lowest BCUT2D eigenvalue weighted by atomic mass is 9.73. The monoisotopic (exact) mass is 254 g/mol. The average Bonchev–Trinajstić information content (AvgIpc) is 2.48. The summed E-state index contributed by atoms with van der Waals surface area (Å²) < 4.78 is 0. The van der Waals surface area contributed by atoms with E-state index in [0.29, 0.717) is 0 Å². The molecule has 2 aliphatic rings. The molecule has 0 aromatic carbocycles. The summed E-state index contributed by atoms with van der Waals surface area (Å²) in [7, 11) is 0. The maximum atomic E-state index is 12.8. The molecule has 104 valence electrons. The predicted octanol–water partition coefficient (Wildman–Crippen LogP) is 1.26.